The smallest absolute Gasteiger partial charge is 0.131 e. The molecule has 19 heavy (non-hydrogen) atoms. The molecule has 0 spiro atoms. The minimum absolute atomic E-state index is 0.0233. The van der Waals surface area contributed by atoms with Crippen LogP contribution < -0.4 is 5.32 Å². The lowest BCUT2D eigenvalue weighted by Crippen LogP contribution is -2.36. The van der Waals surface area contributed by atoms with Crippen LogP contribution in [0.15, 0.2) is 18.2 Å². The van der Waals surface area contributed by atoms with Gasteiger partial charge in [-0.25, -0.2) is 4.39 Å². The fraction of sp³-hybridized carbons (Fsp3) is 0.600. The van der Waals surface area contributed by atoms with Crippen LogP contribution in [0.25, 0.3) is 0 Å². The predicted octanol–water partition coefficient (Wildman–Crippen LogP) is 3.86. The molecule has 0 aliphatic heterocycles. The van der Waals surface area contributed by atoms with Crippen LogP contribution in [0.1, 0.15) is 44.2 Å². The first-order chi connectivity index (χ1) is 9.06. The number of aromatic hydroxyl groups is 1. The molecule has 0 saturated heterocycles. The quantitative estimate of drug-likeness (QED) is 0.860. The number of halogens is 1. The van der Waals surface area contributed by atoms with Crippen molar-refractivity contribution in [1.29, 1.82) is 0 Å². The number of nitrogens with one attached hydrogen (secondary N) is 1. The van der Waals surface area contributed by atoms with Crippen molar-refractivity contribution in [2.24, 2.45) is 0 Å². The number of benzene rings is 1. The number of thioether (sulfide) groups is 1. The van der Waals surface area contributed by atoms with Crippen LogP contribution in [-0.2, 0) is 0 Å². The molecule has 1 aromatic carbocycles. The second-order valence-corrected chi connectivity index (χ2v) is 6.68. The molecule has 4 heteroatoms. The minimum atomic E-state index is -0.343. The summed E-state index contributed by atoms with van der Waals surface area (Å²) >= 11 is 1.93. The molecule has 2 N–H and O–H groups in total. The van der Waals surface area contributed by atoms with Gasteiger partial charge in [0.2, 0.25) is 0 Å². The topological polar surface area (TPSA) is 32.3 Å². The van der Waals surface area contributed by atoms with E-state index >= 15 is 0 Å². The maximum atomic E-state index is 13.8. The fourth-order valence-electron chi connectivity index (χ4n) is 2.79. The maximum Gasteiger partial charge on any atom is 0.131 e. The van der Waals surface area contributed by atoms with E-state index in [0.717, 1.165) is 6.54 Å². The first kappa shape index (κ1) is 14.7. The molecule has 1 aliphatic carbocycles. The highest BCUT2D eigenvalue weighted by molar-refractivity contribution is 8.00. The molecule has 2 nitrogen and oxygen atoms in total. The third-order valence-corrected chi connectivity index (χ3v) is 5.55. The molecule has 1 aliphatic rings. The summed E-state index contributed by atoms with van der Waals surface area (Å²) in [6.45, 7) is 2.88. The normalized spacial score (nSPS) is 19.5. The molecular formula is C15H22FNOS. The number of hydrogen-bond donors (Lipinski definition) is 2. The molecule has 0 amide bonds. The first-order valence-electron chi connectivity index (χ1n) is 6.83. The molecule has 1 aromatic rings. The monoisotopic (exact) mass is 283 g/mol. The third kappa shape index (κ3) is 3.42. The standard InChI is InChI=1S/C15H22FNOS/c1-11(13-6-5-12(18)9-14(13)16)17-10-15(19-2)7-3-4-8-15/h5-6,9,11,17-18H,3-4,7-8,10H2,1-2H3. The highest BCUT2D eigenvalue weighted by Crippen LogP contribution is 2.40. The van der Waals surface area contributed by atoms with Crippen LogP contribution in [-0.4, -0.2) is 22.7 Å². The summed E-state index contributed by atoms with van der Waals surface area (Å²) in [5, 5.41) is 12.7. The fourth-order valence-corrected chi connectivity index (χ4v) is 3.71. The third-order valence-electron chi connectivity index (χ3n) is 4.13. The molecule has 2 rings (SSSR count). The Morgan fingerprint density at radius 1 is 1.42 bits per heavy atom. The Kier molecular flexibility index (Phi) is 4.74. The van der Waals surface area contributed by atoms with Crippen molar-refractivity contribution >= 4 is 11.8 Å². The Labute approximate surface area is 118 Å². The first-order valence-corrected chi connectivity index (χ1v) is 8.06. The number of rotatable bonds is 5. The summed E-state index contributed by atoms with van der Waals surface area (Å²) < 4.78 is 14.1. The van der Waals surface area contributed by atoms with E-state index in [1.807, 2.05) is 18.7 Å². The molecule has 1 fully saturated rings. The summed E-state index contributed by atoms with van der Waals surface area (Å²) in [7, 11) is 0. The lowest BCUT2D eigenvalue weighted by atomic mass is 10.0. The van der Waals surface area contributed by atoms with Crippen LogP contribution in [0.3, 0.4) is 0 Å². The van der Waals surface area contributed by atoms with E-state index in [1.165, 1.54) is 37.8 Å². The van der Waals surface area contributed by atoms with Crippen LogP contribution in [0.4, 0.5) is 4.39 Å². The lowest BCUT2D eigenvalue weighted by Gasteiger charge is -2.29. The molecule has 106 valence electrons. The van der Waals surface area contributed by atoms with Crippen molar-refractivity contribution in [2.75, 3.05) is 12.8 Å². The predicted molar refractivity (Wildman–Crippen MR) is 79.2 cm³/mol. The number of phenols is 1. The van der Waals surface area contributed by atoms with Gasteiger partial charge in [0, 0.05) is 29.0 Å². The summed E-state index contributed by atoms with van der Waals surface area (Å²) in [5.74, 6) is -0.366. The van der Waals surface area contributed by atoms with Gasteiger partial charge in [-0.3, -0.25) is 0 Å². The average Bonchev–Trinajstić information content (AvgIpc) is 2.85. The maximum absolute atomic E-state index is 13.8. The highest BCUT2D eigenvalue weighted by Gasteiger charge is 2.33. The molecular weight excluding hydrogens is 261 g/mol. The van der Waals surface area contributed by atoms with E-state index in [9.17, 15) is 9.50 Å². The number of hydrogen-bond acceptors (Lipinski definition) is 3. The van der Waals surface area contributed by atoms with E-state index in [4.69, 9.17) is 0 Å². The SMILES string of the molecule is CSC1(CNC(C)c2ccc(O)cc2F)CCCC1. The highest BCUT2D eigenvalue weighted by atomic mass is 32.2. The molecule has 0 aromatic heterocycles. The summed E-state index contributed by atoms with van der Waals surface area (Å²) in [6.07, 6.45) is 7.24. The molecule has 1 atom stereocenters. The van der Waals surface area contributed by atoms with Gasteiger partial charge in [0.25, 0.3) is 0 Å². The van der Waals surface area contributed by atoms with Crippen LogP contribution in [0.2, 0.25) is 0 Å². The Morgan fingerprint density at radius 2 is 2.11 bits per heavy atom. The van der Waals surface area contributed by atoms with Crippen molar-refractivity contribution in [3.63, 3.8) is 0 Å². The van der Waals surface area contributed by atoms with E-state index in [1.54, 1.807) is 6.07 Å². The van der Waals surface area contributed by atoms with Crippen LogP contribution >= 0.6 is 11.8 Å². The minimum Gasteiger partial charge on any atom is -0.508 e. The Morgan fingerprint density at radius 3 is 2.68 bits per heavy atom. The molecule has 1 saturated carbocycles. The second kappa shape index (κ2) is 6.14. The van der Waals surface area contributed by atoms with E-state index in [0.29, 0.717) is 10.3 Å². The van der Waals surface area contributed by atoms with E-state index in [2.05, 4.69) is 11.6 Å². The van der Waals surface area contributed by atoms with Gasteiger partial charge in [-0.2, -0.15) is 11.8 Å². The Balaban J connectivity index is 1.99. The van der Waals surface area contributed by atoms with Gasteiger partial charge in [-0.1, -0.05) is 18.9 Å². The van der Waals surface area contributed by atoms with Crippen LogP contribution in [0, 0.1) is 5.82 Å². The van der Waals surface area contributed by atoms with E-state index < -0.39 is 0 Å². The van der Waals surface area contributed by atoms with Crippen LogP contribution in [0.5, 0.6) is 5.75 Å². The van der Waals surface area contributed by atoms with Crippen molar-refractivity contribution in [3.05, 3.63) is 29.6 Å². The zero-order chi connectivity index (χ0) is 13.9. The van der Waals surface area contributed by atoms with Gasteiger partial charge >= 0.3 is 0 Å². The lowest BCUT2D eigenvalue weighted by molar-refractivity contribution is 0.455. The van der Waals surface area contributed by atoms with Crippen molar-refractivity contribution < 1.29 is 9.50 Å². The van der Waals surface area contributed by atoms with Crippen molar-refractivity contribution in [3.8, 4) is 5.75 Å². The summed E-state index contributed by atoms with van der Waals surface area (Å²) in [5.41, 5.74) is 0.618. The molecule has 0 heterocycles. The van der Waals surface area contributed by atoms with Gasteiger partial charge in [-0.05, 0) is 32.1 Å². The zero-order valence-electron chi connectivity index (χ0n) is 11.6. The average molecular weight is 283 g/mol. The Hall–Kier alpha value is -0.740. The van der Waals surface area contributed by atoms with Gasteiger partial charge in [0.1, 0.15) is 11.6 Å². The molecule has 0 radical (unpaired) electrons. The van der Waals surface area contributed by atoms with Gasteiger partial charge < -0.3 is 10.4 Å². The largest absolute Gasteiger partial charge is 0.508 e. The second-order valence-electron chi connectivity index (χ2n) is 5.40. The van der Waals surface area contributed by atoms with Gasteiger partial charge in [0.15, 0.2) is 0 Å². The number of phenolic OH excluding ortho intramolecular Hbond substituents is 1. The zero-order valence-corrected chi connectivity index (χ0v) is 12.4. The van der Waals surface area contributed by atoms with E-state index in [-0.39, 0.29) is 17.6 Å². The summed E-state index contributed by atoms with van der Waals surface area (Å²) in [6, 6.07) is 4.33. The summed E-state index contributed by atoms with van der Waals surface area (Å²) in [4.78, 5) is 0. The van der Waals surface area contributed by atoms with Crippen molar-refractivity contribution in [2.45, 2.75) is 43.4 Å². The Bertz CT molecular complexity index is 432. The van der Waals surface area contributed by atoms with Gasteiger partial charge in [0.05, 0.1) is 0 Å². The van der Waals surface area contributed by atoms with Crippen molar-refractivity contribution in [1.82, 2.24) is 5.32 Å². The molecule has 1 unspecified atom stereocenters. The van der Waals surface area contributed by atoms with Gasteiger partial charge in [-0.15, -0.1) is 0 Å². The molecule has 0 bridgehead atoms.